The second kappa shape index (κ2) is 8.57. The first-order chi connectivity index (χ1) is 12.0. The molecule has 0 spiro atoms. The van der Waals surface area contributed by atoms with Gasteiger partial charge in [0.2, 0.25) is 5.91 Å². The zero-order valence-electron chi connectivity index (χ0n) is 13.9. The summed E-state index contributed by atoms with van der Waals surface area (Å²) in [6, 6.07) is 6.30. The molecule has 0 saturated carbocycles. The van der Waals surface area contributed by atoms with Gasteiger partial charge in [0.25, 0.3) is 0 Å². The Morgan fingerprint density at radius 2 is 1.68 bits per heavy atom. The molecule has 0 saturated heterocycles. The quantitative estimate of drug-likeness (QED) is 0.751. The minimum absolute atomic E-state index is 0.0356. The molecule has 0 fully saturated rings. The van der Waals surface area contributed by atoms with E-state index in [4.69, 9.17) is 9.47 Å². The van der Waals surface area contributed by atoms with E-state index in [1.165, 1.54) is 10.9 Å². The minimum atomic E-state index is -0.594. The number of hydrogen-bond acceptors (Lipinski definition) is 7. The zero-order valence-corrected chi connectivity index (χ0v) is 13.9. The predicted octanol–water partition coefficient (Wildman–Crippen LogP) is 1.27. The molecule has 0 radical (unpaired) electrons. The molecular formula is C16H18N4O5. The van der Waals surface area contributed by atoms with Gasteiger partial charge in [0, 0.05) is 5.69 Å². The van der Waals surface area contributed by atoms with Crippen molar-refractivity contribution in [3.63, 3.8) is 0 Å². The Morgan fingerprint density at radius 1 is 1.04 bits per heavy atom. The van der Waals surface area contributed by atoms with Crippen molar-refractivity contribution in [3.05, 3.63) is 41.7 Å². The molecule has 25 heavy (non-hydrogen) atoms. The Kier molecular flexibility index (Phi) is 6.21. The fourth-order valence-corrected chi connectivity index (χ4v) is 1.93. The van der Waals surface area contributed by atoms with Gasteiger partial charge < -0.3 is 14.8 Å². The molecule has 1 N–H and O–H groups in total. The maximum atomic E-state index is 12.0. The van der Waals surface area contributed by atoms with Crippen molar-refractivity contribution < 1.29 is 23.9 Å². The number of esters is 2. The van der Waals surface area contributed by atoms with Gasteiger partial charge in [0.05, 0.1) is 25.0 Å². The van der Waals surface area contributed by atoms with Gasteiger partial charge in [-0.2, -0.15) is 0 Å². The molecule has 0 aliphatic carbocycles. The third-order valence-corrected chi connectivity index (χ3v) is 3.01. The molecular weight excluding hydrogens is 328 g/mol. The molecule has 0 aliphatic rings. The van der Waals surface area contributed by atoms with Crippen LogP contribution < -0.4 is 5.32 Å². The molecule has 1 amide bonds. The number of benzene rings is 1. The van der Waals surface area contributed by atoms with Crippen molar-refractivity contribution in [1.29, 1.82) is 0 Å². The second-order valence-electron chi connectivity index (χ2n) is 4.87. The van der Waals surface area contributed by atoms with E-state index < -0.39 is 11.9 Å². The summed E-state index contributed by atoms with van der Waals surface area (Å²) in [6.45, 7) is 3.82. The number of carbonyl (C=O) groups excluding carboxylic acids is 3. The van der Waals surface area contributed by atoms with Gasteiger partial charge in [-0.25, -0.2) is 14.3 Å². The lowest BCUT2D eigenvalue weighted by atomic mass is 10.2. The topological polar surface area (TPSA) is 112 Å². The van der Waals surface area contributed by atoms with E-state index in [0.29, 0.717) is 17.9 Å². The van der Waals surface area contributed by atoms with Crippen LogP contribution in [0.3, 0.4) is 0 Å². The Hall–Kier alpha value is -3.23. The summed E-state index contributed by atoms with van der Waals surface area (Å²) < 4.78 is 10.9. The number of nitrogens with zero attached hydrogens (tertiary/aromatic N) is 3. The summed E-state index contributed by atoms with van der Waals surface area (Å²) in [5.74, 6) is -1.37. The summed E-state index contributed by atoms with van der Waals surface area (Å²) in [4.78, 5) is 35.0. The monoisotopic (exact) mass is 346 g/mol. The number of aromatic nitrogens is 3. The maximum absolute atomic E-state index is 12.0. The van der Waals surface area contributed by atoms with Crippen molar-refractivity contribution in [3.8, 4) is 0 Å². The van der Waals surface area contributed by atoms with E-state index in [1.54, 1.807) is 38.1 Å². The smallest absolute Gasteiger partial charge is 0.360 e. The molecule has 0 aliphatic heterocycles. The number of anilines is 1. The van der Waals surface area contributed by atoms with Gasteiger partial charge in [0.1, 0.15) is 6.54 Å². The van der Waals surface area contributed by atoms with Gasteiger partial charge in [0.15, 0.2) is 5.69 Å². The Balaban J connectivity index is 1.92. The van der Waals surface area contributed by atoms with E-state index in [0.717, 1.165) is 0 Å². The van der Waals surface area contributed by atoms with Crippen LogP contribution in [0.2, 0.25) is 0 Å². The highest BCUT2D eigenvalue weighted by Crippen LogP contribution is 2.11. The Labute approximate surface area is 143 Å². The van der Waals surface area contributed by atoms with Crippen LogP contribution in [0.5, 0.6) is 0 Å². The van der Waals surface area contributed by atoms with E-state index in [-0.39, 0.29) is 24.8 Å². The van der Waals surface area contributed by atoms with Crippen LogP contribution in [0.4, 0.5) is 5.69 Å². The largest absolute Gasteiger partial charge is 0.462 e. The molecule has 1 heterocycles. The van der Waals surface area contributed by atoms with Gasteiger partial charge in [-0.3, -0.25) is 4.79 Å². The number of ether oxygens (including phenoxy) is 2. The molecule has 1 aromatic heterocycles. The fourth-order valence-electron chi connectivity index (χ4n) is 1.93. The lowest BCUT2D eigenvalue weighted by Crippen LogP contribution is -2.19. The molecule has 0 atom stereocenters. The minimum Gasteiger partial charge on any atom is -0.462 e. The van der Waals surface area contributed by atoms with E-state index in [1.807, 2.05) is 0 Å². The molecule has 2 rings (SSSR count). The number of hydrogen-bond donors (Lipinski definition) is 1. The van der Waals surface area contributed by atoms with E-state index in [2.05, 4.69) is 15.6 Å². The highest BCUT2D eigenvalue weighted by atomic mass is 16.5. The van der Waals surface area contributed by atoms with Crippen LogP contribution in [0.15, 0.2) is 30.5 Å². The highest BCUT2D eigenvalue weighted by molar-refractivity contribution is 5.93. The van der Waals surface area contributed by atoms with Crippen molar-refractivity contribution in [2.75, 3.05) is 18.5 Å². The molecule has 9 heteroatoms. The molecule has 0 bridgehead atoms. The van der Waals surface area contributed by atoms with Gasteiger partial charge in [-0.15, -0.1) is 5.10 Å². The first-order valence-electron chi connectivity index (χ1n) is 7.67. The molecule has 132 valence electrons. The lowest BCUT2D eigenvalue weighted by molar-refractivity contribution is -0.116. The van der Waals surface area contributed by atoms with Crippen LogP contribution in [0.25, 0.3) is 0 Å². The third-order valence-electron chi connectivity index (χ3n) is 3.01. The average molecular weight is 346 g/mol. The summed E-state index contributed by atoms with van der Waals surface area (Å²) in [7, 11) is 0. The summed E-state index contributed by atoms with van der Waals surface area (Å²) in [5.41, 5.74) is 0.951. The average Bonchev–Trinajstić information content (AvgIpc) is 3.04. The number of amides is 1. The van der Waals surface area contributed by atoms with Crippen LogP contribution in [-0.4, -0.2) is 46.1 Å². The molecule has 1 aromatic carbocycles. The zero-order chi connectivity index (χ0) is 18.2. The predicted molar refractivity (Wildman–Crippen MR) is 87.0 cm³/mol. The van der Waals surface area contributed by atoms with Crippen molar-refractivity contribution in [2.24, 2.45) is 0 Å². The highest BCUT2D eigenvalue weighted by Gasteiger charge is 2.13. The SMILES string of the molecule is CCOC(=O)c1ccc(NC(=O)Cn2cc(C(=O)OCC)nn2)cc1. The van der Waals surface area contributed by atoms with Crippen molar-refractivity contribution in [1.82, 2.24) is 15.0 Å². The van der Waals surface area contributed by atoms with Gasteiger partial charge in [-0.05, 0) is 38.1 Å². The Bertz CT molecular complexity index is 754. The van der Waals surface area contributed by atoms with Gasteiger partial charge in [-0.1, -0.05) is 5.21 Å². The first kappa shape index (κ1) is 18.1. The van der Waals surface area contributed by atoms with Crippen LogP contribution in [0.1, 0.15) is 34.7 Å². The summed E-state index contributed by atoms with van der Waals surface area (Å²) in [6.07, 6.45) is 1.33. The summed E-state index contributed by atoms with van der Waals surface area (Å²) in [5, 5.41) is 10.0. The van der Waals surface area contributed by atoms with E-state index >= 15 is 0 Å². The van der Waals surface area contributed by atoms with Crippen LogP contribution in [0, 0.1) is 0 Å². The Morgan fingerprint density at radius 3 is 2.32 bits per heavy atom. The standard InChI is InChI=1S/C16H18N4O5/c1-3-24-15(22)11-5-7-12(8-6-11)17-14(21)10-20-9-13(18-19-20)16(23)25-4-2/h5-9H,3-4,10H2,1-2H3,(H,17,21). The number of nitrogens with one attached hydrogen (secondary N) is 1. The van der Waals surface area contributed by atoms with Crippen LogP contribution in [-0.2, 0) is 20.8 Å². The number of carbonyl (C=O) groups is 3. The lowest BCUT2D eigenvalue weighted by Gasteiger charge is -2.06. The molecule has 2 aromatic rings. The summed E-state index contributed by atoms with van der Waals surface area (Å²) >= 11 is 0. The fraction of sp³-hybridized carbons (Fsp3) is 0.312. The van der Waals surface area contributed by atoms with Gasteiger partial charge >= 0.3 is 11.9 Å². The number of rotatable bonds is 7. The molecule has 9 nitrogen and oxygen atoms in total. The third kappa shape index (κ3) is 5.13. The van der Waals surface area contributed by atoms with Crippen LogP contribution >= 0.6 is 0 Å². The van der Waals surface area contributed by atoms with E-state index in [9.17, 15) is 14.4 Å². The van der Waals surface area contributed by atoms with Crippen molar-refractivity contribution in [2.45, 2.75) is 20.4 Å². The maximum Gasteiger partial charge on any atom is 0.360 e. The molecule has 0 unspecified atom stereocenters. The second-order valence-corrected chi connectivity index (χ2v) is 4.87. The van der Waals surface area contributed by atoms with Crippen molar-refractivity contribution >= 4 is 23.5 Å². The first-order valence-corrected chi connectivity index (χ1v) is 7.67. The normalized spacial score (nSPS) is 10.2.